The number of halogens is 2. The maximum atomic E-state index is 12.9. The van der Waals surface area contributed by atoms with Crippen molar-refractivity contribution in [3.63, 3.8) is 0 Å². The molecule has 1 aromatic carbocycles. The molecule has 2 N–H and O–H groups in total. The number of carbonyl (C=O) groups is 2. The monoisotopic (exact) mass is 415 g/mol. The number of carbonyl (C=O) groups excluding carboxylic acids is 2. The lowest BCUT2D eigenvalue weighted by Gasteiger charge is -2.36. The molecular formula is C19H27Cl2N3O3. The van der Waals surface area contributed by atoms with Gasteiger partial charge < -0.3 is 20.3 Å². The second-order valence-corrected chi connectivity index (χ2v) is 7.51. The van der Waals surface area contributed by atoms with E-state index in [0.29, 0.717) is 47.5 Å². The summed E-state index contributed by atoms with van der Waals surface area (Å²) < 4.78 is 5.30. The Labute approximate surface area is 171 Å². The third-order valence-corrected chi connectivity index (χ3v) is 5.68. The van der Waals surface area contributed by atoms with Gasteiger partial charge in [-0.05, 0) is 37.7 Å². The van der Waals surface area contributed by atoms with Crippen molar-refractivity contribution in [2.24, 2.45) is 5.92 Å². The van der Waals surface area contributed by atoms with Crippen molar-refractivity contribution in [2.45, 2.75) is 32.1 Å². The smallest absolute Gasteiger partial charge is 0.257 e. The van der Waals surface area contributed by atoms with Crippen LogP contribution in [0.5, 0.6) is 5.75 Å². The van der Waals surface area contributed by atoms with Gasteiger partial charge in [0.25, 0.3) is 5.91 Å². The van der Waals surface area contributed by atoms with Gasteiger partial charge in [-0.25, -0.2) is 0 Å². The summed E-state index contributed by atoms with van der Waals surface area (Å²) in [4.78, 5) is 28.7. The predicted octanol–water partition coefficient (Wildman–Crippen LogP) is 3.22. The number of nitrogens with zero attached hydrogens (tertiary/aromatic N) is 2. The lowest BCUT2D eigenvalue weighted by molar-refractivity contribution is -0.134. The summed E-state index contributed by atoms with van der Waals surface area (Å²) >= 11 is 6.08. The normalized spacial score (nSPS) is 18.2. The van der Waals surface area contributed by atoms with Crippen LogP contribution in [-0.2, 0) is 4.79 Å². The van der Waals surface area contributed by atoms with Crippen LogP contribution in [0, 0.1) is 5.92 Å². The summed E-state index contributed by atoms with van der Waals surface area (Å²) in [5.74, 6) is 1.09. The van der Waals surface area contributed by atoms with E-state index in [4.69, 9.17) is 22.1 Å². The summed E-state index contributed by atoms with van der Waals surface area (Å²) in [5, 5.41) is 0.354. The first-order valence-corrected chi connectivity index (χ1v) is 9.57. The van der Waals surface area contributed by atoms with E-state index in [2.05, 4.69) is 0 Å². The van der Waals surface area contributed by atoms with Crippen molar-refractivity contribution in [1.29, 1.82) is 0 Å². The van der Waals surface area contributed by atoms with Crippen LogP contribution in [0.4, 0.5) is 5.69 Å². The Morgan fingerprint density at radius 2 is 1.96 bits per heavy atom. The highest BCUT2D eigenvalue weighted by Gasteiger charge is 2.28. The summed E-state index contributed by atoms with van der Waals surface area (Å²) in [6.45, 7) is 3.05. The summed E-state index contributed by atoms with van der Waals surface area (Å²) in [6, 6.07) is 3.17. The summed E-state index contributed by atoms with van der Waals surface area (Å²) in [7, 11) is 1.52. The minimum absolute atomic E-state index is 0. The number of nitrogens with two attached hydrogens (primary N) is 1. The van der Waals surface area contributed by atoms with Gasteiger partial charge in [0.15, 0.2) is 0 Å². The Balaban J connectivity index is 0.00000261. The Kier molecular flexibility index (Phi) is 7.62. The van der Waals surface area contributed by atoms with Gasteiger partial charge >= 0.3 is 0 Å². The lowest BCUT2D eigenvalue weighted by Crippen LogP contribution is -2.44. The van der Waals surface area contributed by atoms with Crippen molar-refractivity contribution in [3.8, 4) is 5.75 Å². The zero-order valence-corrected chi connectivity index (χ0v) is 17.2. The Morgan fingerprint density at radius 3 is 2.59 bits per heavy atom. The Hall–Kier alpha value is -1.66. The van der Waals surface area contributed by atoms with E-state index < -0.39 is 0 Å². The van der Waals surface area contributed by atoms with E-state index in [-0.39, 0.29) is 24.2 Å². The highest BCUT2D eigenvalue weighted by Crippen LogP contribution is 2.31. The van der Waals surface area contributed by atoms with Crippen LogP contribution < -0.4 is 10.5 Å². The lowest BCUT2D eigenvalue weighted by atomic mass is 9.94. The number of hydrogen-bond donors (Lipinski definition) is 1. The van der Waals surface area contributed by atoms with Gasteiger partial charge in [0, 0.05) is 38.7 Å². The van der Waals surface area contributed by atoms with Crippen molar-refractivity contribution >= 4 is 41.5 Å². The molecule has 1 aromatic rings. The number of piperidine rings is 2. The molecule has 27 heavy (non-hydrogen) atoms. The average Bonchev–Trinajstić information content (AvgIpc) is 2.65. The van der Waals surface area contributed by atoms with E-state index >= 15 is 0 Å². The number of benzene rings is 1. The minimum Gasteiger partial charge on any atom is -0.496 e. The van der Waals surface area contributed by atoms with Gasteiger partial charge in [0.1, 0.15) is 5.75 Å². The van der Waals surface area contributed by atoms with Crippen LogP contribution in [0.2, 0.25) is 5.02 Å². The van der Waals surface area contributed by atoms with Crippen molar-refractivity contribution < 1.29 is 14.3 Å². The molecule has 2 aliphatic rings. The fourth-order valence-electron chi connectivity index (χ4n) is 3.76. The van der Waals surface area contributed by atoms with Crippen molar-refractivity contribution in [1.82, 2.24) is 9.80 Å². The molecule has 0 radical (unpaired) electrons. The van der Waals surface area contributed by atoms with Gasteiger partial charge in [0.2, 0.25) is 5.91 Å². The standard InChI is InChI=1S/C19H26ClN3O3.ClH/c1-26-17-11-16(21)15(20)10-14(17)19(25)22-8-5-13(6-9-22)12-23-7-3-2-4-18(23)24;/h10-11,13H,2-9,12,21H2,1H3;1H. The molecule has 0 saturated carbocycles. The van der Waals surface area contributed by atoms with E-state index in [1.54, 1.807) is 12.1 Å². The highest BCUT2D eigenvalue weighted by atomic mass is 35.5. The van der Waals surface area contributed by atoms with Gasteiger partial charge in [-0.1, -0.05) is 11.6 Å². The minimum atomic E-state index is -0.0868. The molecule has 2 heterocycles. The quantitative estimate of drug-likeness (QED) is 0.765. The molecule has 0 atom stereocenters. The molecule has 2 saturated heterocycles. The maximum absolute atomic E-state index is 12.9. The zero-order chi connectivity index (χ0) is 18.7. The van der Waals surface area contributed by atoms with Crippen LogP contribution in [0.15, 0.2) is 12.1 Å². The number of likely N-dealkylation sites (tertiary alicyclic amines) is 2. The predicted molar refractivity (Wildman–Crippen MR) is 109 cm³/mol. The Morgan fingerprint density at radius 1 is 1.26 bits per heavy atom. The van der Waals surface area contributed by atoms with E-state index in [1.165, 1.54) is 7.11 Å². The molecule has 0 unspecified atom stereocenters. The van der Waals surface area contributed by atoms with Crippen LogP contribution in [0.3, 0.4) is 0 Å². The third kappa shape index (κ3) is 4.99. The molecule has 0 bridgehead atoms. The van der Waals surface area contributed by atoms with Crippen LogP contribution in [0.1, 0.15) is 42.5 Å². The molecular weight excluding hydrogens is 389 g/mol. The first kappa shape index (κ1) is 21.6. The molecule has 0 aliphatic carbocycles. The first-order chi connectivity index (χ1) is 12.5. The van der Waals surface area contributed by atoms with Crippen molar-refractivity contribution in [2.75, 3.05) is 39.0 Å². The highest BCUT2D eigenvalue weighted by molar-refractivity contribution is 6.33. The fraction of sp³-hybridized carbons (Fsp3) is 0.579. The molecule has 6 nitrogen and oxygen atoms in total. The van der Waals surface area contributed by atoms with Crippen molar-refractivity contribution in [3.05, 3.63) is 22.7 Å². The average molecular weight is 416 g/mol. The van der Waals surface area contributed by atoms with Gasteiger partial charge in [-0.15, -0.1) is 12.4 Å². The molecule has 3 rings (SSSR count). The SMILES string of the molecule is COc1cc(N)c(Cl)cc1C(=O)N1CCC(CN2CCCCC2=O)CC1.Cl. The summed E-state index contributed by atoms with van der Waals surface area (Å²) in [6.07, 6.45) is 4.59. The second-order valence-electron chi connectivity index (χ2n) is 7.11. The largest absolute Gasteiger partial charge is 0.496 e. The first-order valence-electron chi connectivity index (χ1n) is 9.19. The van der Waals surface area contributed by atoms with Gasteiger partial charge in [-0.3, -0.25) is 9.59 Å². The number of nitrogen functional groups attached to an aromatic ring is 1. The van der Waals surface area contributed by atoms with E-state index in [9.17, 15) is 9.59 Å². The number of rotatable bonds is 4. The van der Waals surface area contributed by atoms with Crippen LogP contribution in [-0.4, -0.2) is 54.9 Å². The molecule has 150 valence electrons. The molecule has 2 fully saturated rings. The Bertz CT molecular complexity index is 691. The van der Waals surface area contributed by atoms with E-state index in [1.807, 2.05) is 9.80 Å². The number of ether oxygens (including phenoxy) is 1. The zero-order valence-electron chi connectivity index (χ0n) is 15.6. The molecule has 8 heteroatoms. The van der Waals surface area contributed by atoms with Crippen LogP contribution in [0.25, 0.3) is 0 Å². The maximum Gasteiger partial charge on any atom is 0.257 e. The summed E-state index contributed by atoms with van der Waals surface area (Å²) in [5.41, 5.74) is 6.63. The third-order valence-electron chi connectivity index (χ3n) is 5.35. The van der Waals surface area contributed by atoms with Crippen LogP contribution >= 0.6 is 24.0 Å². The number of methoxy groups -OCH3 is 1. The molecule has 0 spiro atoms. The molecule has 0 aromatic heterocycles. The fourth-order valence-corrected chi connectivity index (χ4v) is 3.92. The molecule has 2 amide bonds. The van der Waals surface area contributed by atoms with Gasteiger partial charge in [0.05, 0.1) is 23.4 Å². The van der Waals surface area contributed by atoms with E-state index in [0.717, 1.165) is 38.8 Å². The second kappa shape index (κ2) is 9.51. The topological polar surface area (TPSA) is 75.9 Å². The number of hydrogen-bond acceptors (Lipinski definition) is 4. The number of anilines is 1. The van der Waals surface area contributed by atoms with Gasteiger partial charge in [-0.2, -0.15) is 0 Å². The molecule has 2 aliphatic heterocycles. The number of amides is 2.